The molecule has 1 saturated heterocycles. The van der Waals surface area contributed by atoms with Crippen molar-refractivity contribution in [1.82, 2.24) is 0 Å². The van der Waals surface area contributed by atoms with Crippen molar-refractivity contribution in [2.24, 2.45) is 0 Å². The van der Waals surface area contributed by atoms with Crippen LogP contribution < -0.4 is 0 Å². The second-order valence-electron chi connectivity index (χ2n) is 5.89. The van der Waals surface area contributed by atoms with Crippen LogP contribution in [-0.2, 0) is 0 Å². The van der Waals surface area contributed by atoms with Crippen LogP contribution in [0.4, 0.5) is 0 Å². The zero-order valence-corrected chi connectivity index (χ0v) is 14.4. The Bertz CT molecular complexity index is 186. The van der Waals surface area contributed by atoms with Crippen molar-refractivity contribution in [3.8, 4) is 0 Å². The minimum absolute atomic E-state index is 0.913. The van der Waals surface area contributed by atoms with Gasteiger partial charge in [-0.2, -0.15) is 23.5 Å². The Balaban J connectivity index is 2.99. The van der Waals surface area contributed by atoms with Crippen LogP contribution in [0.15, 0.2) is 0 Å². The third-order valence-corrected chi connectivity index (χ3v) is 17.0. The first-order chi connectivity index (χ1) is 7.44. The van der Waals surface area contributed by atoms with Crippen LogP contribution in [-0.4, -0.2) is 23.8 Å². The smallest absolute Gasteiger partial charge is 0.0879 e. The largest absolute Gasteiger partial charge is 0.151 e. The average Bonchev–Trinajstić information content (AvgIpc) is 2.18. The fraction of sp³-hybridized carbons (Fsp3) is 1.00. The summed E-state index contributed by atoms with van der Waals surface area (Å²) in [6.45, 7) is 14.9. The minimum atomic E-state index is -1.20. The van der Waals surface area contributed by atoms with E-state index in [1.165, 1.54) is 17.9 Å². The first kappa shape index (κ1) is 15.0. The van der Waals surface area contributed by atoms with E-state index in [1.807, 2.05) is 0 Å². The maximum absolute atomic E-state index is 2.49. The van der Waals surface area contributed by atoms with Crippen molar-refractivity contribution in [3.63, 3.8) is 0 Å². The molecule has 3 heteroatoms. The Morgan fingerprint density at radius 1 is 0.812 bits per heavy atom. The van der Waals surface area contributed by atoms with E-state index in [0.29, 0.717) is 0 Å². The highest BCUT2D eigenvalue weighted by Crippen LogP contribution is 2.52. The summed E-state index contributed by atoms with van der Waals surface area (Å²) in [4.78, 5) is 0. The monoisotopic (exact) mass is 276 g/mol. The molecule has 0 saturated carbocycles. The highest BCUT2D eigenvalue weighted by atomic mass is 32.2. The van der Waals surface area contributed by atoms with E-state index >= 15 is 0 Å². The van der Waals surface area contributed by atoms with E-state index in [9.17, 15) is 0 Å². The molecule has 1 heterocycles. The molecule has 1 rings (SSSR count). The topological polar surface area (TPSA) is 0 Å². The van der Waals surface area contributed by atoms with Gasteiger partial charge in [-0.15, -0.1) is 0 Å². The lowest BCUT2D eigenvalue weighted by Gasteiger charge is -2.49. The van der Waals surface area contributed by atoms with Crippen molar-refractivity contribution in [3.05, 3.63) is 0 Å². The SMILES string of the molecule is CC(C)[Si](C(C)C)(C(C)C)C1SCCCS1. The molecule has 0 atom stereocenters. The fourth-order valence-corrected chi connectivity index (χ4v) is 19.3. The van der Waals surface area contributed by atoms with Gasteiger partial charge in [0.1, 0.15) is 0 Å². The maximum atomic E-state index is 2.49. The highest BCUT2D eigenvalue weighted by molar-refractivity contribution is 8.20. The molecule has 0 aromatic rings. The van der Waals surface area contributed by atoms with Crippen LogP contribution in [0.25, 0.3) is 0 Å². The fourth-order valence-electron chi connectivity index (χ4n) is 3.59. The molecule has 0 radical (unpaired) electrons. The second-order valence-corrected chi connectivity index (χ2v) is 15.5. The minimum Gasteiger partial charge on any atom is -0.151 e. The lowest BCUT2D eigenvalue weighted by atomic mass is 10.5. The van der Waals surface area contributed by atoms with Gasteiger partial charge in [0.15, 0.2) is 0 Å². The van der Waals surface area contributed by atoms with E-state index in [1.54, 1.807) is 0 Å². The van der Waals surface area contributed by atoms with Gasteiger partial charge < -0.3 is 0 Å². The Morgan fingerprint density at radius 3 is 1.50 bits per heavy atom. The molecule has 0 spiro atoms. The quantitative estimate of drug-likeness (QED) is 0.630. The van der Waals surface area contributed by atoms with Gasteiger partial charge in [0.2, 0.25) is 0 Å². The molecule has 0 aromatic heterocycles. The normalized spacial score (nSPS) is 20.1. The number of thioether (sulfide) groups is 2. The molecule has 1 aliphatic heterocycles. The van der Waals surface area contributed by atoms with E-state index in [4.69, 9.17) is 0 Å². The molecule has 0 aliphatic carbocycles. The van der Waals surface area contributed by atoms with Crippen LogP contribution in [0, 0.1) is 0 Å². The van der Waals surface area contributed by atoms with Crippen LogP contribution in [0.3, 0.4) is 0 Å². The number of rotatable bonds is 4. The van der Waals surface area contributed by atoms with E-state index in [0.717, 1.165) is 20.8 Å². The van der Waals surface area contributed by atoms with Gasteiger partial charge in [-0.1, -0.05) is 41.5 Å². The van der Waals surface area contributed by atoms with E-state index < -0.39 is 8.07 Å². The summed E-state index contributed by atoms with van der Waals surface area (Å²) in [6.07, 6.45) is 1.42. The van der Waals surface area contributed by atoms with Crippen molar-refractivity contribution in [1.29, 1.82) is 0 Å². The third kappa shape index (κ3) is 2.67. The standard InChI is InChI=1S/C13H28S2Si/c1-10(2)16(11(3)4,12(5)6)13-14-8-7-9-15-13/h10-13H,7-9H2,1-6H3. The van der Waals surface area contributed by atoms with Crippen molar-refractivity contribution >= 4 is 31.6 Å². The molecule has 96 valence electrons. The van der Waals surface area contributed by atoms with Crippen LogP contribution >= 0.6 is 23.5 Å². The molecule has 0 amide bonds. The van der Waals surface area contributed by atoms with Crippen LogP contribution in [0.5, 0.6) is 0 Å². The molecule has 16 heavy (non-hydrogen) atoms. The second kappa shape index (κ2) is 6.19. The van der Waals surface area contributed by atoms with Gasteiger partial charge >= 0.3 is 0 Å². The Kier molecular flexibility index (Phi) is 5.80. The third-order valence-electron chi connectivity index (χ3n) is 4.24. The lowest BCUT2D eigenvalue weighted by Crippen LogP contribution is -2.53. The molecule has 0 N–H and O–H groups in total. The molecule has 0 bridgehead atoms. The van der Waals surface area contributed by atoms with Gasteiger partial charge in [0, 0.05) is 4.21 Å². The summed E-state index contributed by atoms with van der Waals surface area (Å²) < 4.78 is 0.946. The predicted octanol–water partition coefficient (Wildman–Crippen LogP) is 5.40. The summed E-state index contributed by atoms with van der Waals surface area (Å²) in [7, 11) is -1.20. The summed E-state index contributed by atoms with van der Waals surface area (Å²) in [5.41, 5.74) is 2.74. The molecule has 0 nitrogen and oxygen atoms in total. The van der Waals surface area contributed by atoms with Crippen molar-refractivity contribution < 1.29 is 0 Å². The highest BCUT2D eigenvalue weighted by Gasteiger charge is 2.49. The van der Waals surface area contributed by atoms with Gasteiger partial charge in [-0.3, -0.25) is 0 Å². The first-order valence-electron chi connectivity index (χ1n) is 6.67. The zero-order valence-electron chi connectivity index (χ0n) is 11.7. The first-order valence-corrected chi connectivity index (χ1v) is 11.1. The van der Waals surface area contributed by atoms with Gasteiger partial charge in [-0.05, 0) is 34.6 Å². The zero-order chi connectivity index (χ0) is 12.3. The molecular weight excluding hydrogens is 248 g/mol. The van der Waals surface area contributed by atoms with Crippen molar-refractivity contribution in [2.75, 3.05) is 11.5 Å². The molecular formula is C13H28S2Si. The Morgan fingerprint density at radius 2 is 1.19 bits per heavy atom. The van der Waals surface area contributed by atoms with Crippen molar-refractivity contribution in [2.45, 2.75) is 68.8 Å². The maximum Gasteiger partial charge on any atom is 0.0879 e. The molecule has 1 aliphatic rings. The summed E-state index contributed by atoms with van der Waals surface area (Å²) in [6, 6.07) is 0. The Labute approximate surface area is 112 Å². The van der Waals surface area contributed by atoms with E-state index in [2.05, 4.69) is 65.1 Å². The molecule has 1 fully saturated rings. The summed E-state index contributed by atoms with van der Waals surface area (Å²) >= 11 is 4.56. The molecule has 0 unspecified atom stereocenters. The van der Waals surface area contributed by atoms with Crippen LogP contribution in [0.1, 0.15) is 48.0 Å². The number of hydrogen-bond acceptors (Lipinski definition) is 2. The van der Waals surface area contributed by atoms with Gasteiger partial charge in [0.05, 0.1) is 8.07 Å². The van der Waals surface area contributed by atoms with Gasteiger partial charge in [0.25, 0.3) is 0 Å². The Hall–Kier alpha value is 0.917. The van der Waals surface area contributed by atoms with Crippen LogP contribution in [0.2, 0.25) is 16.6 Å². The lowest BCUT2D eigenvalue weighted by molar-refractivity contribution is 0.813. The summed E-state index contributed by atoms with van der Waals surface area (Å²) in [5, 5.41) is 0. The number of hydrogen-bond donors (Lipinski definition) is 0. The molecule has 0 aromatic carbocycles. The predicted molar refractivity (Wildman–Crippen MR) is 84.4 cm³/mol. The van der Waals surface area contributed by atoms with Gasteiger partial charge in [-0.25, -0.2) is 0 Å². The van der Waals surface area contributed by atoms with E-state index in [-0.39, 0.29) is 0 Å². The summed E-state index contributed by atoms with van der Waals surface area (Å²) in [5.74, 6) is 2.80. The average molecular weight is 277 g/mol.